The summed E-state index contributed by atoms with van der Waals surface area (Å²) in [7, 11) is 0. The third-order valence-electron chi connectivity index (χ3n) is 2.39. The first-order chi connectivity index (χ1) is 6.59. The summed E-state index contributed by atoms with van der Waals surface area (Å²) in [4.78, 5) is 0. The van der Waals surface area contributed by atoms with Crippen LogP contribution in [0.2, 0.25) is 0 Å². The molecule has 0 fully saturated rings. The minimum Gasteiger partial charge on any atom is -0.398 e. The first kappa shape index (κ1) is 9.83. The van der Waals surface area contributed by atoms with E-state index in [9.17, 15) is 0 Å². The second kappa shape index (κ2) is 3.46. The fourth-order valence-electron chi connectivity index (χ4n) is 1.70. The van der Waals surface area contributed by atoms with Crippen LogP contribution in [0.5, 0.6) is 0 Å². The van der Waals surface area contributed by atoms with Crippen LogP contribution < -0.4 is 5.73 Å². The molecule has 1 heterocycles. The lowest BCUT2D eigenvalue weighted by molar-refractivity contribution is 0.623. The van der Waals surface area contributed by atoms with Crippen LogP contribution in [0.25, 0.3) is 10.9 Å². The quantitative estimate of drug-likeness (QED) is 0.635. The number of hydrogen-bond acceptors (Lipinski definition) is 1. The van der Waals surface area contributed by atoms with Crippen molar-refractivity contribution >= 4 is 39.2 Å². The minimum absolute atomic E-state index is 0.477. The predicted octanol–water partition coefficient (Wildman–Crippen LogP) is 3.41. The maximum Gasteiger partial charge on any atom is 0.0514 e. The molecule has 2 rings (SSSR count). The molecule has 2 nitrogen and oxygen atoms in total. The molecule has 0 saturated carbocycles. The van der Waals surface area contributed by atoms with Gasteiger partial charge in [-0.1, -0.05) is 0 Å². The Hall–Kier alpha value is -0.710. The van der Waals surface area contributed by atoms with Crippen LogP contribution in [0.4, 0.5) is 5.69 Å². The molecular formula is C11H13IN2. The summed E-state index contributed by atoms with van der Waals surface area (Å²) in [5.74, 6) is 0. The average molecular weight is 300 g/mol. The van der Waals surface area contributed by atoms with Gasteiger partial charge < -0.3 is 10.3 Å². The highest BCUT2D eigenvalue weighted by molar-refractivity contribution is 14.1. The van der Waals surface area contributed by atoms with Gasteiger partial charge in [0.2, 0.25) is 0 Å². The highest BCUT2D eigenvalue weighted by Gasteiger charge is 2.07. The molecule has 0 saturated heterocycles. The lowest BCUT2D eigenvalue weighted by Gasteiger charge is -2.09. The number of nitrogen functional groups attached to an aromatic ring is 1. The molecule has 0 amide bonds. The standard InChI is InChI=1S/C11H13IN2/c1-7(2)14-4-3-9-10(13)5-8(12)6-11(9)14/h3-7H,13H2,1-2H3. The molecule has 0 bridgehead atoms. The van der Waals surface area contributed by atoms with Crippen LogP contribution in [0, 0.1) is 3.57 Å². The van der Waals surface area contributed by atoms with E-state index in [1.165, 1.54) is 9.09 Å². The normalized spacial score (nSPS) is 11.4. The molecule has 0 atom stereocenters. The maximum atomic E-state index is 5.95. The van der Waals surface area contributed by atoms with Gasteiger partial charge in [0.25, 0.3) is 0 Å². The number of nitrogens with two attached hydrogens (primary N) is 1. The monoisotopic (exact) mass is 300 g/mol. The first-order valence-corrected chi connectivity index (χ1v) is 5.73. The SMILES string of the molecule is CC(C)n1ccc2c(N)cc(I)cc21. The summed E-state index contributed by atoms with van der Waals surface area (Å²) in [6, 6.07) is 6.74. The van der Waals surface area contributed by atoms with Gasteiger partial charge in [0.1, 0.15) is 0 Å². The number of anilines is 1. The van der Waals surface area contributed by atoms with Crippen molar-refractivity contribution in [3.8, 4) is 0 Å². The summed E-state index contributed by atoms with van der Waals surface area (Å²) in [6.07, 6.45) is 2.10. The van der Waals surface area contributed by atoms with E-state index in [0.717, 1.165) is 11.1 Å². The minimum atomic E-state index is 0.477. The highest BCUT2D eigenvalue weighted by atomic mass is 127. The van der Waals surface area contributed by atoms with Crippen LogP contribution in [-0.4, -0.2) is 4.57 Å². The molecule has 14 heavy (non-hydrogen) atoms. The van der Waals surface area contributed by atoms with Crippen molar-refractivity contribution in [2.24, 2.45) is 0 Å². The number of fused-ring (bicyclic) bond motifs is 1. The number of nitrogens with zero attached hydrogens (tertiary/aromatic N) is 1. The molecule has 1 aromatic heterocycles. The second-order valence-electron chi connectivity index (χ2n) is 3.74. The van der Waals surface area contributed by atoms with Crippen molar-refractivity contribution in [1.82, 2.24) is 4.57 Å². The van der Waals surface area contributed by atoms with E-state index in [0.29, 0.717) is 6.04 Å². The molecule has 0 aliphatic carbocycles. The van der Waals surface area contributed by atoms with Crippen molar-refractivity contribution in [1.29, 1.82) is 0 Å². The van der Waals surface area contributed by atoms with Gasteiger partial charge in [-0.3, -0.25) is 0 Å². The Morgan fingerprint density at radius 1 is 1.36 bits per heavy atom. The number of hydrogen-bond donors (Lipinski definition) is 1. The topological polar surface area (TPSA) is 30.9 Å². The number of rotatable bonds is 1. The molecule has 3 heteroatoms. The van der Waals surface area contributed by atoms with E-state index in [1.807, 2.05) is 6.07 Å². The summed E-state index contributed by atoms with van der Waals surface area (Å²) < 4.78 is 3.43. The van der Waals surface area contributed by atoms with Gasteiger partial charge in [0.15, 0.2) is 0 Å². The van der Waals surface area contributed by atoms with Gasteiger partial charge in [-0.25, -0.2) is 0 Å². The molecule has 0 radical (unpaired) electrons. The van der Waals surface area contributed by atoms with Crippen LogP contribution in [0.1, 0.15) is 19.9 Å². The zero-order valence-electron chi connectivity index (χ0n) is 8.29. The summed E-state index contributed by atoms with van der Waals surface area (Å²) in [6.45, 7) is 4.35. The highest BCUT2D eigenvalue weighted by Crippen LogP contribution is 2.27. The van der Waals surface area contributed by atoms with Crippen molar-refractivity contribution < 1.29 is 0 Å². The Labute approximate surface area is 97.2 Å². The van der Waals surface area contributed by atoms with Crippen molar-refractivity contribution in [2.45, 2.75) is 19.9 Å². The van der Waals surface area contributed by atoms with E-state index >= 15 is 0 Å². The van der Waals surface area contributed by atoms with Gasteiger partial charge >= 0.3 is 0 Å². The van der Waals surface area contributed by atoms with Gasteiger partial charge in [-0.2, -0.15) is 0 Å². The fraction of sp³-hybridized carbons (Fsp3) is 0.273. The Morgan fingerprint density at radius 3 is 2.71 bits per heavy atom. The first-order valence-electron chi connectivity index (χ1n) is 4.65. The molecule has 0 spiro atoms. The van der Waals surface area contributed by atoms with Gasteiger partial charge in [-0.05, 0) is 54.6 Å². The Kier molecular flexibility index (Phi) is 2.43. The third-order valence-corrected chi connectivity index (χ3v) is 3.01. The molecule has 2 N–H and O–H groups in total. The molecule has 0 aliphatic heterocycles. The molecule has 2 aromatic rings. The number of halogens is 1. The zero-order valence-corrected chi connectivity index (χ0v) is 10.4. The summed E-state index contributed by atoms with van der Waals surface area (Å²) in [5.41, 5.74) is 8.05. The van der Waals surface area contributed by atoms with Crippen LogP contribution in [0.15, 0.2) is 24.4 Å². The predicted molar refractivity (Wildman–Crippen MR) is 69.5 cm³/mol. The van der Waals surface area contributed by atoms with E-state index in [2.05, 4.69) is 59.3 Å². The van der Waals surface area contributed by atoms with E-state index in [4.69, 9.17) is 5.73 Å². The van der Waals surface area contributed by atoms with E-state index in [1.54, 1.807) is 0 Å². The molecule has 0 aliphatic rings. The Balaban J connectivity index is 2.78. The van der Waals surface area contributed by atoms with Crippen LogP contribution >= 0.6 is 22.6 Å². The Bertz CT molecular complexity index is 471. The van der Waals surface area contributed by atoms with E-state index in [-0.39, 0.29) is 0 Å². The number of benzene rings is 1. The third kappa shape index (κ3) is 1.49. The molecular weight excluding hydrogens is 287 g/mol. The maximum absolute atomic E-state index is 5.95. The second-order valence-corrected chi connectivity index (χ2v) is 4.99. The smallest absolute Gasteiger partial charge is 0.0514 e. The van der Waals surface area contributed by atoms with Gasteiger partial charge in [0.05, 0.1) is 5.52 Å². The van der Waals surface area contributed by atoms with Crippen molar-refractivity contribution in [3.05, 3.63) is 28.0 Å². The lowest BCUT2D eigenvalue weighted by atomic mass is 10.2. The van der Waals surface area contributed by atoms with Crippen molar-refractivity contribution in [3.63, 3.8) is 0 Å². The molecule has 74 valence electrons. The number of aromatic nitrogens is 1. The molecule has 0 unspecified atom stereocenters. The van der Waals surface area contributed by atoms with Gasteiger partial charge in [-0.15, -0.1) is 0 Å². The summed E-state index contributed by atoms with van der Waals surface area (Å²) in [5, 5.41) is 1.15. The summed E-state index contributed by atoms with van der Waals surface area (Å²) >= 11 is 2.30. The fourth-order valence-corrected chi connectivity index (χ4v) is 2.34. The van der Waals surface area contributed by atoms with Crippen LogP contribution in [-0.2, 0) is 0 Å². The van der Waals surface area contributed by atoms with E-state index < -0.39 is 0 Å². The Morgan fingerprint density at radius 2 is 2.07 bits per heavy atom. The zero-order chi connectivity index (χ0) is 10.3. The van der Waals surface area contributed by atoms with Crippen molar-refractivity contribution in [2.75, 3.05) is 5.73 Å². The lowest BCUT2D eigenvalue weighted by Crippen LogP contribution is -1.98. The van der Waals surface area contributed by atoms with Crippen LogP contribution in [0.3, 0.4) is 0 Å². The largest absolute Gasteiger partial charge is 0.398 e. The van der Waals surface area contributed by atoms with Gasteiger partial charge in [0, 0.05) is 26.9 Å². The average Bonchev–Trinajstić information content (AvgIpc) is 2.47. The molecule has 1 aromatic carbocycles.